The second-order valence-corrected chi connectivity index (χ2v) is 3.87. The number of halogens is 1. The van der Waals surface area contributed by atoms with Crippen molar-refractivity contribution in [3.8, 4) is 0 Å². The lowest BCUT2D eigenvalue weighted by molar-refractivity contribution is 0.222. The zero-order valence-corrected chi connectivity index (χ0v) is 9.96. The van der Waals surface area contributed by atoms with Gasteiger partial charge >= 0.3 is 6.03 Å². The molecular formula is C12H17FN2O2. The highest BCUT2D eigenvalue weighted by molar-refractivity contribution is 5.89. The number of aryl methyl sites for hydroxylation is 1. The normalized spacial score (nSPS) is 12.0. The first-order valence-corrected chi connectivity index (χ1v) is 5.51. The molecule has 2 amide bonds. The number of amides is 2. The standard InChI is InChI=1S/C12H17FN2O2/c1-3-9(7-16)14-12(17)15-11-6-8(2)4-5-10(11)13/h4-6,9,16H,3,7H2,1-2H3,(H2,14,15,17). The smallest absolute Gasteiger partial charge is 0.319 e. The number of hydrogen-bond donors (Lipinski definition) is 3. The van der Waals surface area contributed by atoms with Crippen LogP contribution in [0, 0.1) is 12.7 Å². The molecule has 0 spiro atoms. The minimum Gasteiger partial charge on any atom is -0.394 e. The molecule has 3 N–H and O–H groups in total. The van der Waals surface area contributed by atoms with Crippen molar-refractivity contribution < 1.29 is 14.3 Å². The van der Waals surface area contributed by atoms with E-state index >= 15 is 0 Å². The molecule has 0 aliphatic rings. The Morgan fingerprint density at radius 2 is 2.24 bits per heavy atom. The van der Waals surface area contributed by atoms with E-state index in [-0.39, 0.29) is 18.3 Å². The highest BCUT2D eigenvalue weighted by atomic mass is 19.1. The first kappa shape index (κ1) is 13.4. The molecule has 0 aromatic heterocycles. The molecule has 1 rings (SSSR count). The molecule has 0 aliphatic heterocycles. The Bertz CT molecular complexity index is 392. The van der Waals surface area contributed by atoms with Crippen molar-refractivity contribution in [3.05, 3.63) is 29.6 Å². The molecule has 0 radical (unpaired) electrons. The number of benzene rings is 1. The monoisotopic (exact) mass is 240 g/mol. The fourth-order valence-corrected chi connectivity index (χ4v) is 1.36. The van der Waals surface area contributed by atoms with Crippen LogP contribution in [-0.2, 0) is 0 Å². The molecule has 0 saturated heterocycles. The number of urea groups is 1. The summed E-state index contributed by atoms with van der Waals surface area (Å²) < 4.78 is 13.3. The molecule has 0 bridgehead atoms. The van der Waals surface area contributed by atoms with Crippen LogP contribution in [0.15, 0.2) is 18.2 Å². The number of aliphatic hydroxyl groups excluding tert-OH is 1. The molecule has 17 heavy (non-hydrogen) atoms. The van der Waals surface area contributed by atoms with Gasteiger partial charge in [0.1, 0.15) is 5.82 Å². The molecule has 1 aromatic rings. The maximum absolute atomic E-state index is 13.3. The van der Waals surface area contributed by atoms with Gasteiger partial charge in [-0.1, -0.05) is 13.0 Å². The second-order valence-electron chi connectivity index (χ2n) is 3.87. The van der Waals surface area contributed by atoms with Gasteiger partial charge in [0, 0.05) is 0 Å². The van der Waals surface area contributed by atoms with Crippen LogP contribution in [0.3, 0.4) is 0 Å². The number of aliphatic hydroxyl groups is 1. The van der Waals surface area contributed by atoms with Crippen LogP contribution >= 0.6 is 0 Å². The molecule has 0 fully saturated rings. The lowest BCUT2D eigenvalue weighted by atomic mass is 10.2. The van der Waals surface area contributed by atoms with Crippen molar-refractivity contribution in [1.82, 2.24) is 5.32 Å². The van der Waals surface area contributed by atoms with Crippen molar-refractivity contribution in [2.24, 2.45) is 0 Å². The molecule has 0 aliphatic carbocycles. The van der Waals surface area contributed by atoms with Crippen LogP contribution in [-0.4, -0.2) is 23.8 Å². The van der Waals surface area contributed by atoms with E-state index in [9.17, 15) is 9.18 Å². The summed E-state index contributed by atoms with van der Waals surface area (Å²) in [5, 5.41) is 13.9. The maximum Gasteiger partial charge on any atom is 0.319 e. The minimum atomic E-state index is -0.518. The summed E-state index contributed by atoms with van der Waals surface area (Å²) in [7, 11) is 0. The molecule has 1 atom stereocenters. The van der Waals surface area contributed by atoms with E-state index in [0.717, 1.165) is 5.56 Å². The zero-order chi connectivity index (χ0) is 12.8. The van der Waals surface area contributed by atoms with Crippen LogP contribution in [0.5, 0.6) is 0 Å². The Hall–Kier alpha value is -1.62. The number of nitrogens with one attached hydrogen (secondary N) is 2. The lowest BCUT2D eigenvalue weighted by Gasteiger charge is -2.15. The largest absolute Gasteiger partial charge is 0.394 e. The topological polar surface area (TPSA) is 61.4 Å². The summed E-state index contributed by atoms with van der Waals surface area (Å²) in [6.07, 6.45) is 0.611. The van der Waals surface area contributed by atoms with E-state index in [0.29, 0.717) is 6.42 Å². The molecule has 1 aromatic carbocycles. The van der Waals surface area contributed by atoms with Crippen molar-refractivity contribution in [1.29, 1.82) is 0 Å². The fourth-order valence-electron chi connectivity index (χ4n) is 1.36. The predicted molar refractivity (Wildman–Crippen MR) is 64.5 cm³/mol. The highest BCUT2D eigenvalue weighted by Crippen LogP contribution is 2.15. The fraction of sp³-hybridized carbons (Fsp3) is 0.417. The summed E-state index contributed by atoms with van der Waals surface area (Å²) >= 11 is 0. The van der Waals surface area contributed by atoms with Crippen LogP contribution in [0.4, 0.5) is 14.9 Å². The Kier molecular flexibility index (Phi) is 4.90. The van der Waals surface area contributed by atoms with Crippen molar-refractivity contribution >= 4 is 11.7 Å². The maximum atomic E-state index is 13.3. The van der Waals surface area contributed by atoms with Gasteiger partial charge in [-0.2, -0.15) is 0 Å². The van der Waals surface area contributed by atoms with Crippen LogP contribution in [0.25, 0.3) is 0 Å². The summed E-state index contributed by atoms with van der Waals surface area (Å²) in [4.78, 5) is 11.5. The third kappa shape index (κ3) is 4.03. The van der Waals surface area contributed by atoms with Crippen LogP contribution in [0.1, 0.15) is 18.9 Å². The Morgan fingerprint density at radius 3 is 2.82 bits per heavy atom. The van der Waals surface area contributed by atoms with E-state index < -0.39 is 11.8 Å². The summed E-state index contributed by atoms with van der Waals surface area (Å²) in [5.74, 6) is -0.484. The summed E-state index contributed by atoms with van der Waals surface area (Å²) in [6, 6.07) is 3.64. The number of rotatable bonds is 4. The first-order chi connectivity index (χ1) is 8.06. The average molecular weight is 240 g/mol. The Labute approximate surface area is 99.8 Å². The van der Waals surface area contributed by atoms with Gasteiger partial charge in [-0.15, -0.1) is 0 Å². The van der Waals surface area contributed by atoms with Gasteiger partial charge in [0.05, 0.1) is 18.3 Å². The molecule has 1 unspecified atom stereocenters. The summed E-state index contributed by atoms with van der Waals surface area (Å²) in [5.41, 5.74) is 0.992. The third-order valence-electron chi connectivity index (χ3n) is 2.42. The molecule has 94 valence electrons. The Morgan fingerprint density at radius 1 is 1.53 bits per heavy atom. The molecule has 5 heteroatoms. The molecule has 0 heterocycles. The molecule has 4 nitrogen and oxygen atoms in total. The van der Waals surface area contributed by atoms with Crippen LogP contribution < -0.4 is 10.6 Å². The second kappa shape index (κ2) is 6.20. The van der Waals surface area contributed by atoms with E-state index in [1.807, 2.05) is 13.8 Å². The number of carbonyl (C=O) groups is 1. The zero-order valence-electron chi connectivity index (χ0n) is 9.96. The van der Waals surface area contributed by atoms with Gasteiger partial charge < -0.3 is 15.7 Å². The van der Waals surface area contributed by atoms with Crippen molar-refractivity contribution in [3.63, 3.8) is 0 Å². The minimum absolute atomic E-state index is 0.135. The Balaban J connectivity index is 2.64. The van der Waals surface area contributed by atoms with Crippen molar-refractivity contribution in [2.75, 3.05) is 11.9 Å². The number of anilines is 1. The first-order valence-electron chi connectivity index (χ1n) is 5.51. The third-order valence-corrected chi connectivity index (χ3v) is 2.42. The number of carbonyl (C=O) groups excluding carboxylic acids is 1. The SMILES string of the molecule is CCC(CO)NC(=O)Nc1cc(C)ccc1F. The van der Waals surface area contributed by atoms with E-state index in [4.69, 9.17) is 5.11 Å². The van der Waals surface area contributed by atoms with Gasteiger partial charge in [-0.05, 0) is 31.0 Å². The highest BCUT2D eigenvalue weighted by Gasteiger charge is 2.11. The average Bonchev–Trinajstić information content (AvgIpc) is 2.31. The van der Waals surface area contributed by atoms with Gasteiger partial charge in [-0.25, -0.2) is 9.18 Å². The van der Waals surface area contributed by atoms with E-state index in [2.05, 4.69) is 10.6 Å². The van der Waals surface area contributed by atoms with Crippen LogP contribution in [0.2, 0.25) is 0 Å². The van der Waals surface area contributed by atoms with Crippen molar-refractivity contribution in [2.45, 2.75) is 26.3 Å². The van der Waals surface area contributed by atoms with Gasteiger partial charge in [0.15, 0.2) is 0 Å². The number of hydrogen-bond acceptors (Lipinski definition) is 2. The van der Waals surface area contributed by atoms with E-state index in [1.54, 1.807) is 12.1 Å². The van der Waals surface area contributed by atoms with Gasteiger partial charge in [0.2, 0.25) is 0 Å². The van der Waals surface area contributed by atoms with Gasteiger partial charge in [-0.3, -0.25) is 0 Å². The lowest BCUT2D eigenvalue weighted by Crippen LogP contribution is -2.39. The van der Waals surface area contributed by atoms with Gasteiger partial charge in [0.25, 0.3) is 0 Å². The predicted octanol–water partition coefficient (Wildman–Crippen LogP) is 2.03. The summed E-state index contributed by atoms with van der Waals surface area (Å²) in [6.45, 7) is 3.51. The molecule has 0 saturated carbocycles. The van der Waals surface area contributed by atoms with E-state index in [1.165, 1.54) is 6.07 Å². The quantitative estimate of drug-likeness (QED) is 0.754. The molecular weight excluding hydrogens is 223 g/mol.